The maximum Gasteiger partial charge on any atom is 0.271 e. The summed E-state index contributed by atoms with van der Waals surface area (Å²) in [5, 5.41) is 14.1. The van der Waals surface area contributed by atoms with Crippen LogP contribution in [0.1, 0.15) is 13.8 Å². The molecule has 7 heteroatoms. The molecule has 5 nitrogen and oxygen atoms in total. The Morgan fingerprint density at radius 1 is 1.37 bits per heavy atom. The smallest absolute Gasteiger partial charge is 0.271 e. The van der Waals surface area contributed by atoms with Crippen molar-refractivity contribution in [3.05, 3.63) is 33.3 Å². The van der Waals surface area contributed by atoms with Gasteiger partial charge >= 0.3 is 0 Å². The predicted octanol–water partition coefficient (Wildman–Crippen LogP) is 0.00590. The molecule has 1 aromatic rings. The second-order valence-corrected chi connectivity index (χ2v) is 4.28. The molecule has 0 spiro atoms. The van der Waals surface area contributed by atoms with Crippen molar-refractivity contribution in [2.45, 2.75) is 13.8 Å². The van der Waals surface area contributed by atoms with Crippen LogP contribution >= 0.6 is 11.6 Å². The number of non-ortho nitro benzene ring substituents is 1. The third kappa shape index (κ3) is 5.63. The summed E-state index contributed by atoms with van der Waals surface area (Å²) in [4.78, 5) is 12.4. The lowest BCUT2D eigenvalue weighted by molar-refractivity contribution is -0.384. The Kier molecular flexibility index (Phi) is 8.47. The second-order valence-electron chi connectivity index (χ2n) is 3.87. The normalized spacial score (nSPS) is 10.1. The van der Waals surface area contributed by atoms with Crippen LogP contribution in [0.5, 0.6) is 0 Å². The molecule has 1 rings (SSSR count). The Bertz CT molecular complexity index is 412. The number of hydrogen-bond donors (Lipinski definition) is 1. The highest BCUT2D eigenvalue weighted by Crippen LogP contribution is 2.26. The van der Waals surface area contributed by atoms with Crippen molar-refractivity contribution < 1.29 is 17.3 Å². The standard InChI is InChI=1S/C12H18ClN3O2.ClH/c1-3-15(4-2)8-7-14-12-6-5-10(16(17)18)9-11(12)13;/h5-6,9,14H,3-4,7-8H2,1-2H3;1H/p-1. The van der Waals surface area contributed by atoms with Crippen LogP contribution < -0.4 is 17.7 Å². The first-order chi connectivity index (χ1) is 8.58. The topological polar surface area (TPSA) is 58.4 Å². The van der Waals surface area contributed by atoms with E-state index in [0.717, 1.165) is 31.9 Å². The summed E-state index contributed by atoms with van der Waals surface area (Å²) in [7, 11) is 0. The molecule has 1 N–H and O–H groups in total. The second kappa shape index (κ2) is 8.96. The van der Waals surface area contributed by atoms with Gasteiger partial charge in [0, 0.05) is 25.2 Å². The van der Waals surface area contributed by atoms with E-state index < -0.39 is 4.92 Å². The van der Waals surface area contributed by atoms with Crippen LogP contribution in [0.2, 0.25) is 5.02 Å². The van der Waals surface area contributed by atoms with Gasteiger partial charge in [-0.3, -0.25) is 10.1 Å². The fourth-order valence-corrected chi connectivity index (χ4v) is 1.89. The molecule has 19 heavy (non-hydrogen) atoms. The molecule has 0 aliphatic heterocycles. The Labute approximate surface area is 124 Å². The number of nitrogens with zero attached hydrogens (tertiary/aromatic N) is 2. The van der Waals surface area contributed by atoms with Crippen LogP contribution in [-0.4, -0.2) is 36.0 Å². The number of anilines is 1. The Hall–Kier alpha value is -1.04. The number of nitrogens with one attached hydrogen (secondary N) is 1. The number of hydrogen-bond acceptors (Lipinski definition) is 4. The van der Waals surface area contributed by atoms with Crippen LogP contribution in [0.3, 0.4) is 0 Å². The molecular weight excluding hydrogens is 289 g/mol. The van der Waals surface area contributed by atoms with Crippen molar-refractivity contribution in [2.24, 2.45) is 0 Å². The molecule has 0 saturated heterocycles. The molecule has 1 aromatic carbocycles. The molecule has 0 bridgehead atoms. The van der Waals surface area contributed by atoms with E-state index in [1.54, 1.807) is 6.07 Å². The van der Waals surface area contributed by atoms with E-state index in [0.29, 0.717) is 5.02 Å². The summed E-state index contributed by atoms with van der Waals surface area (Å²) < 4.78 is 0. The van der Waals surface area contributed by atoms with Gasteiger partial charge in [0.2, 0.25) is 0 Å². The van der Waals surface area contributed by atoms with Crippen LogP contribution in [-0.2, 0) is 0 Å². The monoisotopic (exact) mass is 306 g/mol. The van der Waals surface area contributed by atoms with Crippen molar-refractivity contribution in [1.82, 2.24) is 4.90 Å². The van der Waals surface area contributed by atoms with Crippen LogP contribution in [0.25, 0.3) is 0 Å². The van der Waals surface area contributed by atoms with E-state index in [4.69, 9.17) is 11.6 Å². The molecular formula is C12H18Cl2N3O2-. The summed E-state index contributed by atoms with van der Waals surface area (Å²) in [5.74, 6) is 0. The van der Waals surface area contributed by atoms with Crippen molar-refractivity contribution >= 4 is 23.0 Å². The molecule has 0 unspecified atom stereocenters. The van der Waals surface area contributed by atoms with E-state index in [2.05, 4.69) is 24.1 Å². The highest BCUT2D eigenvalue weighted by molar-refractivity contribution is 6.33. The minimum absolute atomic E-state index is 0. The number of nitro benzene ring substituents is 1. The van der Waals surface area contributed by atoms with Gasteiger partial charge in [-0.05, 0) is 19.2 Å². The van der Waals surface area contributed by atoms with Gasteiger partial charge in [0.15, 0.2) is 0 Å². The van der Waals surface area contributed by atoms with Crippen molar-refractivity contribution in [1.29, 1.82) is 0 Å². The van der Waals surface area contributed by atoms with Crippen molar-refractivity contribution in [3.63, 3.8) is 0 Å². The zero-order valence-electron chi connectivity index (χ0n) is 11.0. The van der Waals surface area contributed by atoms with E-state index in [1.165, 1.54) is 12.1 Å². The highest BCUT2D eigenvalue weighted by atomic mass is 35.5. The molecule has 0 aliphatic carbocycles. The van der Waals surface area contributed by atoms with Gasteiger partial charge in [0.1, 0.15) is 0 Å². The minimum Gasteiger partial charge on any atom is -1.00 e. The summed E-state index contributed by atoms with van der Waals surface area (Å²) in [5.41, 5.74) is 0.740. The number of likely N-dealkylation sites (N-methyl/N-ethyl adjacent to an activating group) is 1. The van der Waals surface area contributed by atoms with Gasteiger partial charge < -0.3 is 22.6 Å². The third-order valence-electron chi connectivity index (χ3n) is 2.80. The quantitative estimate of drug-likeness (QED) is 0.569. The summed E-state index contributed by atoms with van der Waals surface area (Å²) in [6.07, 6.45) is 0. The average Bonchev–Trinajstić information content (AvgIpc) is 2.36. The first kappa shape index (κ1) is 18.0. The van der Waals surface area contributed by atoms with Crippen molar-refractivity contribution in [2.75, 3.05) is 31.5 Å². The van der Waals surface area contributed by atoms with Crippen LogP contribution in [0, 0.1) is 10.1 Å². The van der Waals surface area contributed by atoms with Gasteiger partial charge in [-0.25, -0.2) is 0 Å². The van der Waals surface area contributed by atoms with Gasteiger partial charge in [-0.2, -0.15) is 0 Å². The summed E-state index contributed by atoms with van der Waals surface area (Å²) >= 11 is 5.98. The third-order valence-corrected chi connectivity index (χ3v) is 3.11. The SMILES string of the molecule is CCN(CC)CCNc1ccc([N+](=O)[O-])cc1Cl.[Cl-]. The van der Waals surface area contributed by atoms with Crippen LogP contribution in [0.15, 0.2) is 18.2 Å². The molecule has 0 amide bonds. The van der Waals surface area contributed by atoms with Gasteiger partial charge in [-0.15, -0.1) is 0 Å². The zero-order valence-corrected chi connectivity index (χ0v) is 12.5. The van der Waals surface area contributed by atoms with Gasteiger partial charge in [0.25, 0.3) is 5.69 Å². The Balaban J connectivity index is 0.00000324. The molecule has 0 saturated carbocycles. The molecule has 0 aliphatic rings. The largest absolute Gasteiger partial charge is 1.00 e. The number of rotatable bonds is 7. The predicted molar refractivity (Wildman–Crippen MR) is 74.4 cm³/mol. The Morgan fingerprint density at radius 2 is 2.00 bits per heavy atom. The molecule has 0 aromatic heterocycles. The molecule has 0 fully saturated rings. The molecule has 0 heterocycles. The maximum absolute atomic E-state index is 10.6. The van der Waals surface area contributed by atoms with Gasteiger partial charge in [0.05, 0.1) is 15.6 Å². The van der Waals surface area contributed by atoms with E-state index >= 15 is 0 Å². The lowest BCUT2D eigenvalue weighted by Crippen LogP contribution is -3.00. The highest BCUT2D eigenvalue weighted by Gasteiger charge is 2.09. The van der Waals surface area contributed by atoms with Crippen molar-refractivity contribution in [3.8, 4) is 0 Å². The van der Waals surface area contributed by atoms with E-state index in [-0.39, 0.29) is 18.1 Å². The maximum atomic E-state index is 10.6. The molecule has 0 atom stereocenters. The number of nitro groups is 1. The minimum atomic E-state index is -0.453. The molecule has 0 radical (unpaired) electrons. The number of halogens is 2. The molecule has 108 valence electrons. The number of benzene rings is 1. The van der Waals surface area contributed by atoms with Crippen LogP contribution in [0.4, 0.5) is 11.4 Å². The first-order valence-corrected chi connectivity index (χ1v) is 6.36. The lowest BCUT2D eigenvalue weighted by Gasteiger charge is -2.18. The summed E-state index contributed by atoms with van der Waals surface area (Å²) in [6, 6.07) is 4.45. The Morgan fingerprint density at radius 3 is 2.47 bits per heavy atom. The fraction of sp³-hybridized carbons (Fsp3) is 0.500. The van der Waals surface area contributed by atoms with Gasteiger partial charge in [-0.1, -0.05) is 25.4 Å². The lowest BCUT2D eigenvalue weighted by atomic mass is 10.3. The summed E-state index contributed by atoms with van der Waals surface area (Å²) in [6.45, 7) is 7.92. The average molecular weight is 307 g/mol. The zero-order chi connectivity index (χ0) is 13.5. The van der Waals surface area contributed by atoms with E-state index in [1.807, 2.05) is 0 Å². The van der Waals surface area contributed by atoms with E-state index in [9.17, 15) is 10.1 Å². The first-order valence-electron chi connectivity index (χ1n) is 5.98. The fourth-order valence-electron chi connectivity index (χ4n) is 1.65.